The van der Waals surface area contributed by atoms with Crippen molar-refractivity contribution in [1.82, 2.24) is 4.98 Å². The molecule has 1 aromatic rings. The van der Waals surface area contributed by atoms with Crippen molar-refractivity contribution in [3.63, 3.8) is 0 Å². The summed E-state index contributed by atoms with van der Waals surface area (Å²) in [7, 11) is 0. The van der Waals surface area contributed by atoms with Crippen molar-refractivity contribution in [3.05, 3.63) is 23.4 Å². The average molecular weight is 250 g/mol. The maximum absolute atomic E-state index is 10.9. The summed E-state index contributed by atoms with van der Waals surface area (Å²) in [6, 6.07) is 3.15. The van der Waals surface area contributed by atoms with Gasteiger partial charge in [-0.2, -0.15) is 0 Å². The third-order valence-corrected chi connectivity index (χ3v) is 3.11. The predicted octanol–water partition coefficient (Wildman–Crippen LogP) is 1.93. The molecule has 5 heteroatoms. The summed E-state index contributed by atoms with van der Waals surface area (Å²) >= 11 is 0. The molecule has 0 radical (unpaired) electrons. The Bertz CT molecular complexity index is 428. The second-order valence-corrected chi connectivity index (χ2v) is 4.62. The SMILES string of the molecule is Cc1cc(C(=O)O)cc(NCC2CCOCC2)n1. The van der Waals surface area contributed by atoms with Crippen LogP contribution in [-0.2, 0) is 4.74 Å². The lowest BCUT2D eigenvalue weighted by Crippen LogP contribution is -2.23. The zero-order valence-electron chi connectivity index (χ0n) is 10.5. The Kier molecular flexibility index (Phi) is 4.15. The minimum absolute atomic E-state index is 0.275. The third kappa shape index (κ3) is 3.43. The van der Waals surface area contributed by atoms with Crippen LogP contribution in [0.5, 0.6) is 0 Å². The molecule has 0 spiro atoms. The zero-order valence-corrected chi connectivity index (χ0v) is 10.5. The quantitative estimate of drug-likeness (QED) is 0.854. The highest BCUT2D eigenvalue weighted by molar-refractivity contribution is 5.88. The number of rotatable bonds is 4. The van der Waals surface area contributed by atoms with Crippen LogP contribution in [0.15, 0.2) is 12.1 Å². The van der Waals surface area contributed by atoms with E-state index in [1.54, 1.807) is 19.1 Å². The Balaban J connectivity index is 1.97. The van der Waals surface area contributed by atoms with Gasteiger partial charge < -0.3 is 15.2 Å². The molecule has 0 aliphatic carbocycles. The van der Waals surface area contributed by atoms with Crippen molar-refractivity contribution in [1.29, 1.82) is 0 Å². The first-order valence-corrected chi connectivity index (χ1v) is 6.19. The van der Waals surface area contributed by atoms with E-state index >= 15 is 0 Å². The normalized spacial score (nSPS) is 16.5. The number of carboxylic acids is 1. The van der Waals surface area contributed by atoms with Gasteiger partial charge in [0.1, 0.15) is 5.82 Å². The summed E-state index contributed by atoms with van der Waals surface area (Å²) in [5.41, 5.74) is 0.987. The molecular formula is C13H18N2O3. The van der Waals surface area contributed by atoms with Crippen LogP contribution in [0.3, 0.4) is 0 Å². The molecule has 98 valence electrons. The average Bonchev–Trinajstić information content (AvgIpc) is 2.37. The molecule has 0 saturated carbocycles. The van der Waals surface area contributed by atoms with Gasteiger partial charge in [0.15, 0.2) is 0 Å². The van der Waals surface area contributed by atoms with Crippen molar-refractivity contribution in [2.45, 2.75) is 19.8 Å². The Morgan fingerprint density at radius 1 is 1.50 bits per heavy atom. The molecule has 18 heavy (non-hydrogen) atoms. The molecule has 0 amide bonds. The molecule has 5 nitrogen and oxygen atoms in total. The molecule has 1 fully saturated rings. The maximum Gasteiger partial charge on any atom is 0.335 e. The molecule has 2 heterocycles. The molecule has 0 atom stereocenters. The Hall–Kier alpha value is -1.62. The van der Waals surface area contributed by atoms with E-state index in [0.717, 1.165) is 32.6 Å². The van der Waals surface area contributed by atoms with Crippen LogP contribution in [0.1, 0.15) is 28.9 Å². The van der Waals surface area contributed by atoms with Gasteiger partial charge in [0.2, 0.25) is 0 Å². The summed E-state index contributed by atoms with van der Waals surface area (Å²) < 4.78 is 5.30. The van der Waals surface area contributed by atoms with Crippen molar-refractivity contribution in [2.75, 3.05) is 25.1 Å². The molecule has 2 rings (SSSR count). The third-order valence-electron chi connectivity index (χ3n) is 3.11. The molecule has 0 bridgehead atoms. The van der Waals surface area contributed by atoms with Crippen LogP contribution in [0.4, 0.5) is 5.82 Å². The van der Waals surface area contributed by atoms with Crippen molar-refractivity contribution in [2.24, 2.45) is 5.92 Å². The Morgan fingerprint density at radius 2 is 2.22 bits per heavy atom. The zero-order chi connectivity index (χ0) is 13.0. The standard InChI is InChI=1S/C13H18N2O3/c1-9-6-11(13(16)17)7-12(15-9)14-8-10-2-4-18-5-3-10/h6-7,10H,2-5,8H2,1H3,(H,14,15)(H,16,17). The Labute approximate surface area is 106 Å². The number of nitrogens with zero attached hydrogens (tertiary/aromatic N) is 1. The van der Waals surface area contributed by atoms with Crippen LogP contribution in [0.25, 0.3) is 0 Å². The van der Waals surface area contributed by atoms with Gasteiger partial charge in [0, 0.05) is 25.5 Å². The predicted molar refractivity (Wildman–Crippen MR) is 68.0 cm³/mol. The largest absolute Gasteiger partial charge is 0.478 e. The fourth-order valence-corrected chi connectivity index (χ4v) is 2.08. The highest BCUT2D eigenvalue weighted by atomic mass is 16.5. The van der Waals surface area contributed by atoms with Gasteiger partial charge in [-0.3, -0.25) is 0 Å². The molecule has 1 aromatic heterocycles. The van der Waals surface area contributed by atoms with Gasteiger partial charge in [-0.25, -0.2) is 9.78 Å². The summed E-state index contributed by atoms with van der Waals surface area (Å²) in [6.07, 6.45) is 2.09. The van der Waals surface area contributed by atoms with E-state index in [9.17, 15) is 4.79 Å². The van der Waals surface area contributed by atoms with Crippen molar-refractivity contribution >= 4 is 11.8 Å². The minimum Gasteiger partial charge on any atom is -0.478 e. The number of carbonyl (C=O) groups is 1. The number of nitrogens with one attached hydrogen (secondary N) is 1. The van der Waals surface area contributed by atoms with Crippen LogP contribution in [0.2, 0.25) is 0 Å². The number of carboxylic acid groups (broad SMARTS) is 1. The van der Waals surface area contributed by atoms with Gasteiger partial charge in [-0.05, 0) is 37.8 Å². The van der Waals surface area contributed by atoms with Gasteiger partial charge in [0.25, 0.3) is 0 Å². The van der Waals surface area contributed by atoms with Crippen LogP contribution < -0.4 is 5.32 Å². The van der Waals surface area contributed by atoms with Crippen LogP contribution in [-0.4, -0.2) is 35.8 Å². The first-order chi connectivity index (χ1) is 8.65. The number of anilines is 1. The maximum atomic E-state index is 10.9. The fraction of sp³-hybridized carbons (Fsp3) is 0.538. The summed E-state index contributed by atoms with van der Waals surface area (Å²) in [5.74, 6) is 0.294. The van der Waals surface area contributed by atoms with Gasteiger partial charge >= 0.3 is 5.97 Å². The number of pyridine rings is 1. The summed E-state index contributed by atoms with van der Waals surface area (Å²) in [6.45, 7) is 4.24. The topological polar surface area (TPSA) is 71.5 Å². The first kappa shape index (κ1) is 12.8. The number of ether oxygens (including phenoxy) is 1. The molecule has 1 saturated heterocycles. The van der Waals surface area contributed by atoms with Crippen LogP contribution in [0, 0.1) is 12.8 Å². The van der Waals surface area contributed by atoms with Gasteiger partial charge in [0.05, 0.1) is 5.56 Å². The van der Waals surface area contributed by atoms with E-state index in [1.807, 2.05) is 0 Å². The number of hydrogen-bond acceptors (Lipinski definition) is 4. The summed E-state index contributed by atoms with van der Waals surface area (Å²) in [4.78, 5) is 15.2. The van der Waals surface area contributed by atoms with Crippen molar-refractivity contribution in [3.8, 4) is 0 Å². The van der Waals surface area contributed by atoms with Crippen LogP contribution >= 0.6 is 0 Å². The molecule has 2 N–H and O–H groups in total. The van der Waals surface area contributed by atoms with E-state index < -0.39 is 5.97 Å². The lowest BCUT2D eigenvalue weighted by atomic mass is 10.0. The fourth-order valence-electron chi connectivity index (χ4n) is 2.08. The smallest absolute Gasteiger partial charge is 0.335 e. The highest BCUT2D eigenvalue weighted by Gasteiger charge is 2.14. The van der Waals surface area contributed by atoms with E-state index in [0.29, 0.717) is 17.4 Å². The number of aryl methyl sites for hydroxylation is 1. The van der Waals surface area contributed by atoms with E-state index in [4.69, 9.17) is 9.84 Å². The minimum atomic E-state index is -0.922. The second kappa shape index (κ2) is 5.82. The lowest BCUT2D eigenvalue weighted by molar-refractivity contribution is 0.0696. The van der Waals surface area contributed by atoms with E-state index in [-0.39, 0.29) is 5.56 Å². The van der Waals surface area contributed by atoms with E-state index in [1.165, 1.54) is 0 Å². The van der Waals surface area contributed by atoms with Gasteiger partial charge in [-0.15, -0.1) is 0 Å². The van der Waals surface area contributed by atoms with Gasteiger partial charge in [-0.1, -0.05) is 0 Å². The summed E-state index contributed by atoms with van der Waals surface area (Å²) in [5, 5.41) is 12.2. The Morgan fingerprint density at radius 3 is 2.89 bits per heavy atom. The molecular weight excluding hydrogens is 232 g/mol. The molecule has 1 aliphatic heterocycles. The number of aromatic carboxylic acids is 1. The lowest BCUT2D eigenvalue weighted by Gasteiger charge is -2.22. The molecule has 0 aromatic carbocycles. The molecule has 0 unspecified atom stereocenters. The van der Waals surface area contributed by atoms with E-state index in [2.05, 4.69) is 10.3 Å². The second-order valence-electron chi connectivity index (χ2n) is 4.62. The monoisotopic (exact) mass is 250 g/mol. The molecule has 1 aliphatic rings. The number of hydrogen-bond donors (Lipinski definition) is 2. The van der Waals surface area contributed by atoms with Crippen molar-refractivity contribution < 1.29 is 14.6 Å². The first-order valence-electron chi connectivity index (χ1n) is 6.19. The highest BCUT2D eigenvalue weighted by Crippen LogP contribution is 2.16. The number of aromatic nitrogens is 1.